The van der Waals surface area contributed by atoms with Crippen LogP contribution in [-0.4, -0.2) is 33.0 Å². The number of aromatic nitrogens is 3. The fraction of sp³-hybridized carbons (Fsp3) is 0.250. The van der Waals surface area contributed by atoms with E-state index in [1.54, 1.807) is 24.1 Å². The summed E-state index contributed by atoms with van der Waals surface area (Å²) < 4.78 is 0. The van der Waals surface area contributed by atoms with Gasteiger partial charge in [-0.1, -0.05) is 0 Å². The SMILES string of the molecule is Cc1cc(NN)ccc1C(=O)N(C)Cc1ncn[nH]1. The molecule has 0 aliphatic heterocycles. The molecule has 0 radical (unpaired) electrons. The Labute approximate surface area is 110 Å². The molecule has 1 aromatic heterocycles. The average Bonchev–Trinajstić information content (AvgIpc) is 2.90. The third-order valence-corrected chi connectivity index (χ3v) is 2.82. The molecule has 0 saturated heterocycles. The predicted molar refractivity (Wildman–Crippen MR) is 71.2 cm³/mol. The fourth-order valence-electron chi connectivity index (χ4n) is 1.80. The van der Waals surface area contributed by atoms with E-state index in [0.717, 1.165) is 11.3 Å². The molecule has 2 aromatic rings. The van der Waals surface area contributed by atoms with Crippen LogP contribution in [0.15, 0.2) is 24.5 Å². The molecule has 0 bridgehead atoms. The molecule has 7 heteroatoms. The quantitative estimate of drug-likeness (QED) is 0.554. The van der Waals surface area contributed by atoms with E-state index in [2.05, 4.69) is 20.6 Å². The molecule has 4 N–H and O–H groups in total. The summed E-state index contributed by atoms with van der Waals surface area (Å²) in [6, 6.07) is 5.35. The van der Waals surface area contributed by atoms with Gasteiger partial charge in [0.15, 0.2) is 0 Å². The molecular formula is C12H16N6O. The van der Waals surface area contributed by atoms with Gasteiger partial charge in [-0.15, -0.1) is 0 Å². The van der Waals surface area contributed by atoms with Crippen molar-refractivity contribution in [2.45, 2.75) is 13.5 Å². The highest BCUT2D eigenvalue weighted by Crippen LogP contribution is 2.16. The van der Waals surface area contributed by atoms with Crippen molar-refractivity contribution in [2.75, 3.05) is 12.5 Å². The number of amides is 1. The van der Waals surface area contributed by atoms with Gasteiger partial charge < -0.3 is 10.3 Å². The van der Waals surface area contributed by atoms with Gasteiger partial charge in [-0.05, 0) is 30.7 Å². The Bertz CT molecular complexity index is 566. The van der Waals surface area contributed by atoms with E-state index in [0.29, 0.717) is 17.9 Å². The number of rotatable bonds is 4. The molecule has 100 valence electrons. The van der Waals surface area contributed by atoms with Crippen molar-refractivity contribution in [1.29, 1.82) is 0 Å². The molecule has 19 heavy (non-hydrogen) atoms. The third-order valence-electron chi connectivity index (χ3n) is 2.82. The van der Waals surface area contributed by atoms with Gasteiger partial charge in [0.05, 0.1) is 6.54 Å². The van der Waals surface area contributed by atoms with Crippen LogP contribution in [0.5, 0.6) is 0 Å². The van der Waals surface area contributed by atoms with Crippen molar-refractivity contribution in [3.05, 3.63) is 41.5 Å². The molecule has 0 fully saturated rings. The summed E-state index contributed by atoms with van der Waals surface area (Å²) in [6.45, 7) is 2.26. The Morgan fingerprint density at radius 2 is 2.32 bits per heavy atom. The van der Waals surface area contributed by atoms with Crippen molar-refractivity contribution < 1.29 is 4.79 Å². The topological polar surface area (TPSA) is 99.9 Å². The van der Waals surface area contributed by atoms with Gasteiger partial charge in [0.2, 0.25) is 0 Å². The second-order valence-corrected chi connectivity index (χ2v) is 4.27. The van der Waals surface area contributed by atoms with E-state index in [-0.39, 0.29) is 5.91 Å². The Morgan fingerprint density at radius 3 is 2.89 bits per heavy atom. The average molecular weight is 260 g/mol. The molecule has 0 aliphatic carbocycles. The molecule has 0 aliphatic rings. The summed E-state index contributed by atoms with van der Waals surface area (Å²) in [5.74, 6) is 5.91. The summed E-state index contributed by atoms with van der Waals surface area (Å²) >= 11 is 0. The number of benzene rings is 1. The summed E-state index contributed by atoms with van der Waals surface area (Å²) in [5.41, 5.74) is 4.83. The number of anilines is 1. The maximum absolute atomic E-state index is 12.3. The normalized spacial score (nSPS) is 10.3. The van der Waals surface area contributed by atoms with Crippen molar-refractivity contribution in [2.24, 2.45) is 5.84 Å². The Balaban J connectivity index is 2.14. The standard InChI is InChI=1S/C12H16N6O/c1-8-5-9(16-13)3-4-10(8)12(19)18(2)6-11-14-7-15-17-11/h3-5,7,16H,6,13H2,1-2H3,(H,14,15,17). The van der Waals surface area contributed by atoms with Gasteiger partial charge >= 0.3 is 0 Å². The van der Waals surface area contributed by atoms with Gasteiger partial charge in [-0.2, -0.15) is 5.10 Å². The molecule has 0 spiro atoms. The minimum absolute atomic E-state index is 0.0718. The molecule has 0 unspecified atom stereocenters. The lowest BCUT2D eigenvalue weighted by molar-refractivity contribution is 0.0781. The molecular weight excluding hydrogens is 244 g/mol. The molecule has 0 atom stereocenters. The van der Waals surface area contributed by atoms with Crippen molar-refractivity contribution in [3.63, 3.8) is 0 Å². The fourth-order valence-corrected chi connectivity index (χ4v) is 1.80. The number of hydrogen-bond donors (Lipinski definition) is 3. The number of H-pyrrole nitrogens is 1. The van der Waals surface area contributed by atoms with Crippen molar-refractivity contribution in [1.82, 2.24) is 20.1 Å². The Kier molecular flexibility index (Phi) is 3.76. The van der Waals surface area contributed by atoms with E-state index in [4.69, 9.17) is 5.84 Å². The second kappa shape index (κ2) is 5.49. The van der Waals surface area contributed by atoms with Gasteiger partial charge in [0.1, 0.15) is 12.2 Å². The zero-order chi connectivity index (χ0) is 13.8. The van der Waals surface area contributed by atoms with Gasteiger partial charge in [0.25, 0.3) is 5.91 Å². The first-order valence-electron chi connectivity index (χ1n) is 5.79. The van der Waals surface area contributed by atoms with Crippen LogP contribution in [-0.2, 0) is 6.54 Å². The smallest absolute Gasteiger partial charge is 0.254 e. The molecule has 0 saturated carbocycles. The number of nitrogens with zero attached hydrogens (tertiary/aromatic N) is 3. The minimum Gasteiger partial charge on any atom is -0.334 e. The summed E-state index contributed by atoms with van der Waals surface area (Å²) in [5, 5.41) is 6.48. The Morgan fingerprint density at radius 1 is 1.53 bits per heavy atom. The largest absolute Gasteiger partial charge is 0.334 e. The molecule has 1 aromatic carbocycles. The van der Waals surface area contributed by atoms with Gasteiger partial charge in [-0.3, -0.25) is 15.7 Å². The molecule has 7 nitrogen and oxygen atoms in total. The minimum atomic E-state index is -0.0718. The lowest BCUT2D eigenvalue weighted by Crippen LogP contribution is -2.27. The number of hydrazine groups is 1. The molecule has 1 amide bonds. The maximum Gasteiger partial charge on any atom is 0.254 e. The number of nitrogens with two attached hydrogens (primary N) is 1. The Hall–Kier alpha value is -2.41. The van der Waals surface area contributed by atoms with E-state index >= 15 is 0 Å². The van der Waals surface area contributed by atoms with Crippen LogP contribution in [0.3, 0.4) is 0 Å². The van der Waals surface area contributed by atoms with Crippen LogP contribution in [0.25, 0.3) is 0 Å². The predicted octanol–water partition coefficient (Wildman–Crippen LogP) is 0.671. The first-order valence-corrected chi connectivity index (χ1v) is 5.79. The van der Waals surface area contributed by atoms with Crippen molar-refractivity contribution >= 4 is 11.6 Å². The highest BCUT2D eigenvalue weighted by atomic mass is 16.2. The number of nitrogen functional groups attached to an aromatic ring is 1. The van der Waals surface area contributed by atoms with Crippen LogP contribution in [0.1, 0.15) is 21.7 Å². The summed E-state index contributed by atoms with van der Waals surface area (Å²) in [7, 11) is 1.72. The number of carbonyl (C=O) groups excluding carboxylic acids is 1. The summed E-state index contributed by atoms with van der Waals surface area (Å²) in [6.07, 6.45) is 1.42. The van der Waals surface area contributed by atoms with Gasteiger partial charge in [0, 0.05) is 18.3 Å². The zero-order valence-corrected chi connectivity index (χ0v) is 10.8. The third kappa shape index (κ3) is 2.89. The van der Waals surface area contributed by atoms with Crippen LogP contribution in [0.2, 0.25) is 0 Å². The van der Waals surface area contributed by atoms with E-state index in [9.17, 15) is 4.79 Å². The molecule has 1 heterocycles. The van der Waals surface area contributed by atoms with Gasteiger partial charge in [-0.25, -0.2) is 4.98 Å². The first kappa shape index (κ1) is 13.0. The van der Waals surface area contributed by atoms with E-state index in [1.807, 2.05) is 13.0 Å². The zero-order valence-electron chi connectivity index (χ0n) is 10.8. The highest BCUT2D eigenvalue weighted by molar-refractivity contribution is 5.95. The maximum atomic E-state index is 12.3. The number of aromatic amines is 1. The molecule has 2 rings (SSSR count). The first-order chi connectivity index (χ1) is 9.11. The van der Waals surface area contributed by atoms with E-state index in [1.165, 1.54) is 6.33 Å². The van der Waals surface area contributed by atoms with Crippen LogP contribution in [0.4, 0.5) is 5.69 Å². The number of carbonyl (C=O) groups is 1. The monoisotopic (exact) mass is 260 g/mol. The lowest BCUT2D eigenvalue weighted by Gasteiger charge is -2.17. The van der Waals surface area contributed by atoms with Crippen molar-refractivity contribution in [3.8, 4) is 0 Å². The lowest BCUT2D eigenvalue weighted by atomic mass is 10.1. The second-order valence-electron chi connectivity index (χ2n) is 4.27. The van der Waals surface area contributed by atoms with Crippen LogP contribution in [0, 0.1) is 6.92 Å². The van der Waals surface area contributed by atoms with E-state index < -0.39 is 0 Å². The summed E-state index contributed by atoms with van der Waals surface area (Å²) in [4.78, 5) is 17.9. The number of aryl methyl sites for hydroxylation is 1. The highest BCUT2D eigenvalue weighted by Gasteiger charge is 2.15. The van der Waals surface area contributed by atoms with Crippen LogP contribution >= 0.6 is 0 Å². The number of hydrogen-bond acceptors (Lipinski definition) is 5. The number of nitrogens with one attached hydrogen (secondary N) is 2. The van der Waals surface area contributed by atoms with Crippen LogP contribution < -0.4 is 11.3 Å².